The molecule has 86 valence electrons. The van der Waals surface area contributed by atoms with E-state index in [0.29, 0.717) is 11.5 Å². The van der Waals surface area contributed by atoms with Gasteiger partial charge in [-0.3, -0.25) is 0 Å². The minimum Gasteiger partial charge on any atom is -0.504 e. The Bertz CT molecular complexity index is 438. The molecule has 0 saturated heterocycles. The zero-order valence-electron chi connectivity index (χ0n) is 9.19. The van der Waals surface area contributed by atoms with E-state index in [1.54, 1.807) is 6.07 Å². The number of hydrogen-bond acceptors (Lipinski definition) is 4. The number of hydrogen-bond donors (Lipinski definition) is 2. The molecule has 1 aliphatic heterocycles. The molecule has 1 fully saturated rings. The summed E-state index contributed by atoms with van der Waals surface area (Å²) in [5, 5.41) is 9.84. The highest BCUT2D eigenvalue weighted by Crippen LogP contribution is 2.54. The van der Waals surface area contributed by atoms with Gasteiger partial charge in [0, 0.05) is 11.5 Å². The fraction of sp³-hybridized carbons (Fsp3) is 0.500. The van der Waals surface area contributed by atoms with E-state index < -0.39 is 0 Å². The highest BCUT2D eigenvalue weighted by Gasteiger charge is 2.48. The Morgan fingerprint density at radius 2 is 2.12 bits per heavy atom. The summed E-state index contributed by atoms with van der Waals surface area (Å²) in [6.45, 7) is 2.19. The maximum atomic E-state index is 9.84. The van der Waals surface area contributed by atoms with Gasteiger partial charge in [0.15, 0.2) is 11.5 Å². The number of nitrogens with two attached hydrogens (primary N) is 1. The molecule has 1 saturated carbocycles. The van der Waals surface area contributed by atoms with Crippen molar-refractivity contribution in [2.45, 2.75) is 31.2 Å². The Hall–Kier alpha value is -1.42. The van der Waals surface area contributed by atoms with Crippen molar-refractivity contribution in [2.24, 2.45) is 5.73 Å². The lowest BCUT2D eigenvalue weighted by Gasteiger charge is -2.20. The molecule has 1 atom stereocenters. The normalized spacial score (nSPS) is 21.9. The fourth-order valence-electron chi connectivity index (χ4n) is 2.42. The van der Waals surface area contributed by atoms with Crippen molar-refractivity contribution >= 4 is 0 Å². The lowest BCUT2D eigenvalue weighted by Crippen LogP contribution is -2.31. The predicted octanol–water partition coefficient (Wildman–Crippen LogP) is 1.50. The van der Waals surface area contributed by atoms with Crippen molar-refractivity contribution in [1.82, 2.24) is 0 Å². The Morgan fingerprint density at radius 1 is 1.38 bits per heavy atom. The van der Waals surface area contributed by atoms with E-state index in [-0.39, 0.29) is 24.0 Å². The van der Waals surface area contributed by atoms with Crippen LogP contribution in [0.5, 0.6) is 17.2 Å². The summed E-state index contributed by atoms with van der Waals surface area (Å²) in [5.74, 6) is 1.23. The summed E-state index contributed by atoms with van der Waals surface area (Å²) in [6, 6.07) is 3.79. The molecule has 1 unspecified atom stereocenters. The van der Waals surface area contributed by atoms with E-state index in [0.717, 1.165) is 18.4 Å². The van der Waals surface area contributed by atoms with Crippen molar-refractivity contribution in [3.63, 3.8) is 0 Å². The van der Waals surface area contributed by atoms with Crippen LogP contribution >= 0.6 is 0 Å². The molecule has 0 amide bonds. The highest BCUT2D eigenvalue weighted by atomic mass is 16.7. The summed E-state index contributed by atoms with van der Waals surface area (Å²) in [4.78, 5) is 0. The molecule has 3 rings (SSSR count). The molecular weight excluding hydrogens is 206 g/mol. The SMILES string of the molecule is CC(N)C1(c2cc(O)c3c(c2)OCO3)CC1. The molecule has 0 bridgehead atoms. The third-order valence-electron chi connectivity index (χ3n) is 3.69. The second-order valence-corrected chi connectivity index (χ2v) is 4.67. The molecule has 16 heavy (non-hydrogen) atoms. The Morgan fingerprint density at radius 3 is 2.75 bits per heavy atom. The van der Waals surface area contributed by atoms with Crippen LogP contribution in [-0.2, 0) is 5.41 Å². The first kappa shape index (κ1) is 9.78. The molecule has 1 aliphatic carbocycles. The molecule has 3 N–H and O–H groups in total. The fourth-order valence-corrected chi connectivity index (χ4v) is 2.42. The van der Waals surface area contributed by atoms with E-state index in [2.05, 4.69) is 0 Å². The van der Waals surface area contributed by atoms with Gasteiger partial charge in [-0.1, -0.05) is 0 Å². The van der Waals surface area contributed by atoms with Crippen LogP contribution in [0, 0.1) is 0 Å². The molecule has 2 aliphatic rings. The second-order valence-electron chi connectivity index (χ2n) is 4.67. The summed E-state index contributed by atoms with van der Waals surface area (Å²) in [7, 11) is 0. The van der Waals surface area contributed by atoms with Crippen LogP contribution < -0.4 is 15.2 Å². The molecule has 1 heterocycles. The van der Waals surface area contributed by atoms with Gasteiger partial charge in [0.25, 0.3) is 0 Å². The molecule has 0 spiro atoms. The van der Waals surface area contributed by atoms with E-state index in [4.69, 9.17) is 15.2 Å². The van der Waals surface area contributed by atoms with Crippen LogP contribution in [0.25, 0.3) is 0 Å². The maximum absolute atomic E-state index is 9.84. The summed E-state index contributed by atoms with van der Waals surface area (Å²) < 4.78 is 10.5. The Balaban J connectivity index is 2.07. The summed E-state index contributed by atoms with van der Waals surface area (Å²) >= 11 is 0. The van der Waals surface area contributed by atoms with Gasteiger partial charge in [0.05, 0.1) is 0 Å². The first-order chi connectivity index (χ1) is 7.63. The number of fused-ring (bicyclic) bond motifs is 1. The lowest BCUT2D eigenvalue weighted by molar-refractivity contribution is 0.171. The number of rotatable bonds is 2. The molecule has 0 aromatic heterocycles. The van der Waals surface area contributed by atoms with Crippen LogP contribution in [-0.4, -0.2) is 17.9 Å². The zero-order chi connectivity index (χ0) is 11.3. The first-order valence-electron chi connectivity index (χ1n) is 5.52. The first-order valence-corrected chi connectivity index (χ1v) is 5.52. The van der Waals surface area contributed by atoms with Crippen molar-refractivity contribution in [1.29, 1.82) is 0 Å². The van der Waals surface area contributed by atoms with E-state index in [1.807, 2.05) is 13.0 Å². The Labute approximate surface area is 94.0 Å². The number of aromatic hydroxyl groups is 1. The van der Waals surface area contributed by atoms with Gasteiger partial charge >= 0.3 is 0 Å². The van der Waals surface area contributed by atoms with Crippen LogP contribution in [0.3, 0.4) is 0 Å². The van der Waals surface area contributed by atoms with Gasteiger partial charge in [0.1, 0.15) is 0 Å². The van der Waals surface area contributed by atoms with E-state index in [1.165, 1.54) is 0 Å². The smallest absolute Gasteiger partial charge is 0.231 e. The second kappa shape index (κ2) is 3.04. The van der Waals surface area contributed by atoms with Crippen molar-refractivity contribution in [3.8, 4) is 17.2 Å². The minimum atomic E-state index is 0.0263. The number of phenolic OH excluding ortho intramolecular Hbond substituents is 1. The predicted molar refractivity (Wildman–Crippen MR) is 58.8 cm³/mol. The standard InChI is InChI=1S/C12H15NO3/c1-7(13)12(2-3-12)8-4-9(14)11-10(5-8)15-6-16-11/h4-5,7,14H,2-3,6,13H2,1H3. The number of ether oxygens (including phenoxy) is 2. The minimum absolute atomic E-state index is 0.0263. The molecule has 1 aromatic carbocycles. The molecular formula is C12H15NO3. The lowest BCUT2D eigenvalue weighted by atomic mass is 9.89. The van der Waals surface area contributed by atoms with E-state index in [9.17, 15) is 5.11 Å². The number of phenols is 1. The third-order valence-corrected chi connectivity index (χ3v) is 3.69. The van der Waals surface area contributed by atoms with Gasteiger partial charge in [-0.05, 0) is 37.5 Å². The molecule has 4 heteroatoms. The quantitative estimate of drug-likeness (QED) is 0.794. The van der Waals surface area contributed by atoms with Crippen molar-refractivity contribution in [2.75, 3.05) is 6.79 Å². The topological polar surface area (TPSA) is 64.7 Å². The average molecular weight is 221 g/mol. The highest BCUT2D eigenvalue weighted by molar-refractivity contribution is 5.56. The average Bonchev–Trinajstić information content (AvgIpc) is 2.92. The van der Waals surface area contributed by atoms with Crippen LogP contribution in [0.1, 0.15) is 25.3 Å². The molecule has 0 radical (unpaired) electrons. The molecule has 1 aromatic rings. The van der Waals surface area contributed by atoms with Gasteiger partial charge in [-0.15, -0.1) is 0 Å². The van der Waals surface area contributed by atoms with Gasteiger partial charge in [0.2, 0.25) is 12.5 Å². The third kappa shape index (κ3) is 1.19. The van der Waals surface area contributed by atoms with Crippen molar-refractivity contribution in [3.05, 3.63) is 17.7 Å². The molecule has 4 nitrogen and oxygen atoms in total. The zero-order valence-corrected chi connectivity index (χ0v) is 9.19. The van der Waals surface area contributed by atoms with Gasteiger partial charge in [-0.25, -0.2) is 0 Å². The summed E-state index contributed by atoms with van der Waals surface area (Å²) in [6.07, 6.45) is 2.15. The van der Waals surface area contributed by atoms with Crippen LogP contribution in [0.2, 0.25) is 0 Å². The monoisotopic (exact) mass is 221 g/mol. The van der Waals surface area contributed by atoms with Crippen molar-refractivity contribution < 1.29 is 14.6 Å². The number of benzene rings is 1. The van der Waals surface area contributed by atoms with Gasteiger partial charge < -0.3 is 20.3 Å². The van der Waals surface area contributed by atoms with Crippen LogP contribution in [0.15, 0.2) is 12.1 Å². The van der Waals surface area contributed by atoms with E-state index >= 15 is 0 Å². The summed E-state index contributed by atoms with van der Waals surface area (Å²) in [5.41, 5.74) is 7.09. The maximum Gasteiger partial charge on any atom is 0.231 e. The largest absolute Gasteiger partial charge is 0.504 e. The van der Waals surface area contributed by atoms with Crippen LogP contribution in [0.4, 0.5) is 0 Å². The Kier molecular flexibility index (Phi) is 1.86. The van der Waals surface area contributed by atoms with Gasteiger partial charge in [-0.2, -0.15) is 0 Å².